The summed E-state index contributed by atoms with van der Waals surface area (Å²) in [7, 11) is 1.63. The summed E-state index contributed by atoms with van der Waals surface area (Å²) < 4.78 is 12.1. The van der Waals surface area contributed by atoms with Crippen LogP contribution in [-0.2, 0) is 4.79 Å². The first-order valence-electron chi connectivity index (χ1n) is 6.03. The van der Waals surface area contributed by atoms with E-state index in [1.807, 2.05) is 18.2 Å². The molecule has 1 amide bonds. The van der Waals surface area contributed by atoms with E-state index >= 15 is 0 Å². The van der Waals surface area contributed by atoms with Crippen molar-refractivity contribution in [3.8, 4) is 10.9 Å². The van der Waals surface area contributed by atoms with Gasteiger partial charge in [-0.15, -0.1) is 0 Å². The molecule has 100 valence electrons. The van der Waals surface area contributed by atoms with Crippen LogP contribution in [0.5, 0.6) is 10.9 Å². The van der Waals surface area contributed by atoms with Crippen LogP contribution in [0.3, 0.4) is 0 Å². The molecule has 0 aliphatic carbocycles. The SMILES string of the molecule is COc1cccc2sc(OC3CN(C(C)=O)C3)nc12. The van der Waals surface area contributed by atoms with Gasteiger partial charge in [0.05, 0.1) is 24.9 Å². The van der Waals surface area contributed by atoms with Crippen molar-refractivity contribution in [2.45, 2.75) is 13.0 Å². The molecule has 1 aliphatic rings. The van der Waals surface area contributed by atoms with Crippen LogP contribution in [0.4, 0.5) is 0 Å². The fourth-order valence-corrected chi connectivity index (χ4v) is 2.93. The molecule has 19 heavy (non-hydrogen) atoms. The second kappa shape index (κ2) is 4.70. The molecule has 0 N–H and O–H groups in total. The number of para-hydroxylation sites is 1. The Morgan fingerprint density at radius 1 is 1.47 bits per heavy atom. The van der Waals surface area contributed by atoms with Gasteiger partial charge in [0.2, 0.25) is 5.91 Å². The van der Waals surface area contributed by atoms with Crippen molar-refractivity contribution in [3.05, 3.63) is 18.2 Å². The van der Waals surface area contributed by atoms with E-state index in [4.69, 9.17) is 9.47 Å². The van der Waals surface area contributed by atoms with Crippen LogP contribution in [0.15, 0.2) is 18.2 Å². The number of thiazole rings is 1. The number of amides is 1. The average Bonchev–Trinajstić information content (AvgIpc) is 2.74. The summed E-state index contributed by atoms with van der Waals surface area (Å²) in [4.78, 5) is 17.3. The fourth-order valence-electron chi connectivity index (χ4n) is 2.03. The molecule has 0 unspecified atom stereocenters. The number of aromatic nitrogens is 1. The van der Waals surface area contributed by atoms with E-state index in [0.29, 0.717) is 18.3 Å². The highest BCUT2D eigenvalue weighted by molar-refractivity contribution is 7.20. The number of likely N-dealkylation sites (tertiary alicyclic amines) is 1. The number of hydrogen-bond acceptors (Lipinski definition) is 5. The second-order valence-corrected chi connectivity index (χ2v) is 5.44. The quantitative estimate of drug-likeness (QED) is 0.860. The Labute approximate surface area is 114 Å². The maximum absolute atomic E-state index is 11.1. The van der Waals surface area contributed by atoms with E-state index in [0.717, 1.165) is 16.0 Å². The van der Waals surface area contributed by atoms with Gasteiger partial charge >= 0.3 is 0 Å². The van der Waals surface area contributed by atoms with Gasteiger partial charge in [-0.05, 0) is 12.1 Å². The van der Waals surface area contributed by atoms with Crippen molar-refractivity contribution >= 4 is 27.5 Å². The molecular weight excluding hydrogens is 264 g/mol. The molecule has 1 fully saturated rings. The van der Waals surface area contributed by atoms with Crippen molar-refractivity contribution in [2.75, 3.05) is 20.2 Å². The number of carbonyl (C=O) groups excluding carboxylic acids is 1. The van der Waals surface area contributed by atoms with Crippen molar-refractivity contribution in [1.29, 1.82) is 0 Å². The topological polar surface area (TPSA) is 51.7 Å². The first kappa shape index (κ1) is 12.2. The van der Waals surface area contributed by atoms with Crippen LogP contribution >= 0.6 is 11.3 Å². The number of fused-ring (bicyclic) bond motifs is 1. The highest BCUT2D eigenvalue weighted by atomic mass is 32.1. The molecule has 0 atom stereocenters. The number of methoxy groups -OCH3 is 1. The van der Waals surface area contributed by atoms with Crippen LogP contribution in [0, 0.1) is 0 Å². The average molecular weight is 278 g/mol. The zero-order valence-corrected chi connectivity index (χ0v) is 11.6. The smallest absolute Gasteiger partial charge is 0.274 e. The van der Waals surface area contributed by atoms with Gasteiger partial charge in [-0.25, -0.2) is 0 Å². The summed E-state index contributed by atoms with van der Waals surface area (Å²) in [5.41, 5.74) is 0.827. The van der Waals surface area contributed by atoms with E-state index in [1.165, 1.54) is 11.3 Å². The number of nitrogens with zero attached hydrogens (tertiary/aromatic N) is 2. The molecule has 1 aromatic heterocycles. The lowest BCUT2D eigenvalue weighted by atomic mass is 10.2. The monoisotopic (exact) mass is 278 g/mol. The lowest BCUT2D eigenvalue weighted by molar-refractivity contribution is -0.137. The molecule has 1 aliphatic heterocycles. The van der Waals surface area contributed by atoms with E-state index in [-0.39, 0.29) is 12.0 Å². The normalized spacial score (nSPS) is 15.4. The maximum Gasteiger partial charge on any atom is 0.274 e. The van der Waals surface area contributed by atoms with Gasteiger partial charge in [0, 0.05) is 6.92 Å². The summed E-state index contributed by atoms with van der Waals surface area (Å²) >= 11 is 1.50. The van der Waals surface area contributed by atoms with Gasteiger partial charge in [-0.1, -0.05) is 17.4 Å². The standard InChI is InChI=1S/C13H14N2O3S/c1-8(16)15-6-9(7-15)18-13-14-12-10(17-2)4-3-5-11(12)19-13/h3-5,9H,6-7H2,1-2H3. The number of rotatable bonds is 3. The number of hydrogen-bond donors (Lipinski definition) is 0. The summed E-state index contributed by atoms with van der Waals surface area (Å²) in [5.74, 6) is 0.841. The fraction of sp³-hybridized carbons (Fsp3) is 0.385. The lowest BCUT2D eigenvalue weighted by Crippen LogP contribution is -2.55. The van der Waals surface area contributed by atoms with Crippen molar-refractivity contribution in [2.24, 2.45) is 0 Å². The molecule has 0 saturated carbocycles. The summed E-state index contributed by atoms with van der Waals surface area (Å²) in [6.07, 6.45) is 0.0513. The largest absolute Gasteiger partial charge is 0.494 e. The molecule has 1 aromatic carbocycles. The maximum atomic E-state index is 11.1. The highest BCUT2D eigenvalue weighted by Gasteiger charge is 2.31. The summed E-state index contributed by atoms with van der Waals surface area (Å²) in [6, 6.07) is 5.81. The van der Waals surface area contributed by atoms with E-state index in [1.54, 1.807) is 18.9 Å². The number of ether oxygens (including phenoxy) is 2. The van der Waals surface area contributed by atoms with E-state index < -0.39 is 0 Å². The third-order valence-electron chi connectivity index (χ3n) is 3.14. The minimum Gasteiger partial charge on any atom is -0.494 e. The third-order valence-corrected chi connectivity index (χ3v) is 4.05. The van der Waals surface area contributed by atoms with Crippen LogP contribution in [0.1, 0.15) is 6.92 Å². The number of benzene rings is 1. The van der Waals surface area contributed by atoms with Crippen molar-refractivity contribution < 1.29 is 14.3 Å². The van der Waals surface area contributed by atoms with Crippen LogP contribution in [-0.4, -0.2) is 42.1 Å². The molecule has 1 saturated heterocycles. The van der Waals surface area contributed by atoms with Gasteiger partial charge in [-0.3, -0.25) is 4.79 Å². The molecule has 2 aromatic rings. The van der Waals surface area contributed by atoms with E-state index in [2.05, 4.69) is 4.98 Å². The van der Waals surface area contributed by atoms with Gasteiger partial charge in [0.25, 0.3) is 5.19 Å². The molecule has 0 radical (unpaired) electrons. The van der Waals surface area contributed by atoms with Gasteiger partial charge in [-0.2, -0.15) is 4.98 Å². The molecule has 0 bridgehead atoms. The van der Waals surface area contributed by atoms with Crippen molar-refractivity contribution in [3.63, 3.8) is 0 Å². The molecule has 6 heteroatoms. The highest BCUT2D eigenvalue weighted by Crippen LogP contribution is 2.34. The predicted molar refractivity (Wildman–Crippen MR) is 72.8 cm³/mol. The predicted octanol–water partition coefficient (Wildman–Crippen LogP) is 1.91. The van der Waals surface area contributed by atoms with Gasteiger partial charge in [0.15, 0.2) is 0 Å². The molecule has 2 heterocycles. The first-order valence-corrected chi connectivity index (χ1v) is 6.84. The van der Waals surface area contributed by atoms with Crippen molar-refractivity contribution in [1.82, 2.24) is 9.88 Å². The lowest BCUT2D eigenvalue weighted by Gasteiger charge is -2.37. The minimum absolute atomic E-state index is 0.0513. The zero-order valence-electron chi connectivity index (χ0n) is 10.8. The molecule has 5 nitrogen and oxygen atoms in total. The minimum atomic E-state index is 0.0513. The summed E-state index contributed by atoms with van der Waals surface area (Å²) in [6.45, 7) is 2.85. The Morgan fingerprint density at radius 3 is 2.95 bits per heavy atom. The van der Waals surface area contributed by atoms with Gasteiger partial charge in [0.1, 0.15) is 17.4 Å². The molecular formula is C13H14N2O3S. The first-order chi connectivity index (χ1) is 9.17. The molecule has 0 spiro atoms. The second-order valence-electron chi connectivity index (χ2n) is 4.45. The summed E-state index contributed by atoms with van der Waals surface area (Å²) in [5, 5.41) is 0.632. The Kier molecular flexibility index (Phi) is 3.02. The Bertz CT molecular complexity index is 619. The van der Waals surface area contributed by atoms with Crippen LogP contribution in [0.25, 0.3) is 10.2 Å². The molecule has 3 rings (SSSR count). The Morgan fingerprint density at radius 2 is 2.26 bits per heavy atom. The van der Waals surface area contributed by atoms with Crippen LogP contribution in [0.2, 0.25) is 0 Å². The van der Waals surface area contributed by atoms with Gasteiger partial charge < -0.3 is 14.4 Å². The Balaban J connectivity index is 1.74. The van der Waals surface area contributed by atoms with Crippen LogP contribution < -0.4 is 9.47 Å². The van der Waals surface area contributed by atoms with E-state index in [9.17, 15) is 4.79 Å². The number of carbonyl (C=O) groups is 1. The third kappa shape index (κ3) is 2.23. The Hall–Kier alpha value is -1.82. The zero-order chi connectivity index (χ0) is 13.4.